The summed E-state index contributed by atoms with van der Waals surface area (Å²) in [5.74, 6) is 1.10. The molecule has 3 nitrogen and oxygen atoms in total. The monoisotopic (exact) mass is 219 g/mol. The van der Waals surface area contributed by atoms with Gasteiger partial charge in [-0.1, -0.05) is 29.8 Å². The summed E-state index contributed by atoms with van der Waals surface area (Å²) in [6.07, 6.45) is 0. The second-order valence-corrected chi connectivity index (χ2v) is 3.61. The number of hydrogen-bond acceptors (Lipinski definition) is 3. The van der Waals surface area contributed by atoms with E-state index in [1.165, 1.54) is 0 Å². The predicted molar refractivity (Wildman–Crippen MR) is 61.6 cm³/mol. The van der Waals surface area contributed by atoms with Crippen molar-refractivity contribution in [2.24, 2.45) is 0 Å². The maximum Gasteiger partial charge on any atom is 0.128 e. The van der Waals surface area contributed by atoms with Crippen LogP contribution in [0.1, 0.15) is 5.82 Å². The summed E-state index contributed by atoms with van der Waals surface area (Å²) in [6, 6.07) is 9.24. The number of benzene rings is 1. The third kappa shape index (κ3) is 2.07. The van der Waals surface area contributed by atoms with Crippen LogP contribution < -0.4 is 5.73 Å². The Balaban J connectivity index is 2.59. The van der Waals surface area contributed by atoms with E-state index >= 15 is 0 Å². The van der Waals surface area contributed by atoms with Crippen molar-refractivity contribution in [3.8, 4) is 11.3 Å². The van der Waals surface area contributed by atoms with Gasteiger partial charge < -0.3 is 5.73 Å². The van der Waals surface area contributed by atoms with Crippen LogP contribution in [0, 0.1) is 6.92 Å². The molecule has 0 aliphatic heterocycles. The standard InChI is InChI=1S/C11H10ClN3/c1-7-14-10(6-11(13)15-7)8-4-2-3-5-9(8)12/h2-6H,1H3,(H2,13,14,15). The molecular formula is C11H10ClN3. The molecular weight excluding hydrogens is 210 g/mol. The Hall–Kier alpha value is -1.61. The number of nitrogen functional groups attached to an aromatic ring is 1. The van der Waals surface area contributed by atoms with Gasteiger partial charge in [0.25, 0.3) is 0 Å². The predicted octanol–water partition coefficient (Wildman–Crippen LogP) is 2.69. The van der Waals surface area contributed by atoms with Crippen LogP contribution in [0.25, 0.3) is 11.3 Å². The molecule has 0 bridgehead atoms. The zero-order chi connectivity index (χ0) is 10.8. The highest BCUT2D eigenvalue weighted by atomic mass is 35.5. The van der Waals surface area contributed by atoms with Crippen LogP contribution in [0.3, 0.4) is 0 Å². The molecule has 4 heteroatoms. The first kappa shape index (κ1) is 9.93. The molecule has 0 spiro atoms. The van der Waals surface area contributed by atoms with Crippen molar-refractivity contribution >= 4 is 17.4 Å². The number of rotatable bonds is 1. The average Bonchev–Trinajstić information content (AvgIpc) is 2.16. The molecule has 0 saturated carbocycles. The van der Waals surface area contributed by atoms with Crippen LogP contribution in [0.4, 0.5) is 5.82 Å². The molecule has 0 aliphatic carbocycles. The number of nitrogens with zero attached hydrogens (tertiary/aromatic N) is 2. The molecule has 1 heterocycles. The van der Waals surface area contributed by atoms with Crippen molar-refractivity contribution in [2.75, 3.05) is 5.73 Å². The van der Waals surface area contributed by atoms with Crippen molar-refractivity contribution < 1.29 is 0 Å². The molecule has 2 rings (SSSR count). The maximum atomic E-state index is 6.06. The number of hydrogen-bond donors (Lipinski definition) is 1. The average molecular weight is 220 g/mol. The molecule has 2 N–H and O–H groups in total. The molecule has 0 atom stereocenters. The maximum absolute atomic E-state index is 6.06. The first-order valence-electron chi connectivity index (χ1n) is 4.53. The molecule has 0 saturated heterocycles. The van der Waals surface area contributed by atoms with E-state index in [4.69, 9.17) is 17.3 Å². The van der Waals surface area contributed by atoms with E-state index in [0.717, 1.165) is 11.3 Å². The minimum Gasteiger partial charge on any atom is -0.384 e. The van der Waals surface area contributed by atoms with Crippen LogP contribution in [-0.4, -0.2) is 9.97 Å². The molecule has 0 aliphatic rings. The topological polar surface area (TPSA) is 51.8 Å². The van der Waals surface area contributed by atoms with Crippen LogP contribution >= 0.6 is 11.6 Å². The molecule has 0 amide bonds. The van der Waals surface area contributed by atoms with E-state index in [9.17, 15) is 0 Å². The molecule has 1 aromatic heterocycles. The summed E-state index contributed by atoms with van der Waals surface area (Å²) in [5.41, 5.74) is 7.28. The molecule has 0 unspecified atom stereocenters. The van der Waals surface area contributed by atoms with Crippen molar-refractivity contribution in [1.29, 1.82) is 0 Å². The Labute approximate surface area is 92.9 Å². The van der Waals surface area contributed by atoms with Gasteiger partial charge in [-0.2, -0.15) is 0 Å². The summed E-state index contributed by atoms with van der Waals surface area (Å²) in [4.78, 5) is 8.30. The lowest BCUT2D eigenvalue weighted by Gasteiger charge is -2.04. The smallest absolute Gasteiger partial charge is 0.128 e. The molecule has 1 aromatic carbocycles. The van der Waals surface area contributed by atoms with Crippen LogP contribution in [0.2, 0.25) is 5.02 Å². The summed E-state index contributed by atoms with van der Waals surface area (Å²) in [5, 5.41) is 0.662. The van der Waals surface area contributed by atoms with Crippen LogP contribution in [0.5, 0.6) is 0 Å². The lowest BCUT2D eigenvalue weighted by molar-refractivity contribution is 1.07. The van der Waals surface area contributed by atoms with E-state index in [-0.39, 0.29) is 0 Å². The summed E-state index contributed by atoms with van der Waals surface area (Å²) in [7, 11) is 0. The van der Waals surface area contributed by atoms with Gasteiger partial charge >= 0.3 is 0 Å². The van der Waals surface area contributed by atoms with Gasteiger partial charge in [0.1, 0.15) is 11.6 Å². The Morgan fingerprint density at radius 3 is 2.60 bits per heavy atom. The largest absolute Gasteiger partial charge is 0.384 e. The first-order valence-corrected chi connectivity index (χ1v) is 4.90. The van der Waals surface area contributed by atoms with E-state index in [1.807, 2.05) is 24.3 Å². The van der Waals surface area contributed by atoms with Gasteiger partial charge in [-0.15, -0.1) is 0 Å². The fourth-order valence-electron chi connectivity index (χ4n) is 1.40. The van der Waals surface area contributed by atoms with Gasteiger partial charge in [0.2, 0.25) is 0 Å². The normalized spacial score (nSPS) is 10.3. The van der Waals surface area contributed by atoms with E-state index < -0.39 is 0 Å². The van der Waals surface area contributed by atoms with Gasteiger partial charge in [0.05, 0.1) is 5.69 Å². The lowest BCUT2D eigenvalue weighted by Crippen LogP contribution is -1.97. The number of aryl methyl sites for hydroxylation is 1. The Kier molecular flexibility index (Phi) is 2.56. The van der Waals surface area contributed by atoms with Crippen molar-refractivity contribution in [3.63, 3.8) is 0 Å². The SMILES string of the molecule is Cc1nc(N)cc(-c2ccccc2Cl)n1. The lowest BCUT2D eigenvalue weighted by atomic mass is 10.1. The highest BCUT2D eigenvalue weighted by molar-refractivity contribution is 6.33. The number of nitrogens with two attached hydrogens (primary N) is 1. The third-order valence-corrected chi connectivity index (χ3v) is 2.34. The zero-order valence-corrected chi connectivity index (χ0v) is 8.99. The summed E-state index contributed by atoms with van der Waals surface area (Å²) in [6.45, 7) is 1.80. The summed E-state index contributed by atoms with van der Waals surface area (Å²) >= 11 is 6.06. The number of anilines is 1. The highest BCUT2D eigenvalue weighted by Crippen LogP contribution is 2.26. The summed E-state index contributed by atoms with van der Waals surface area (Å²) < 4.78 is 0. The molecule has 0 radical (unpaired) electrons. The zero-order valence-electron chi connectivity index (χ0n) is 8.24. The van der Waals surface area contributed by atoms with Crippen LogP contribution in [-0.2, 0) is 0 Å². The quantitative estimate of drug-likeness (QED) is 0.802. The fraction of sp³-hybridized carbons (Fsp3) is 0.0909. The highest BCUT2D eigenvalue weighted by Gasteiger charge is 2.05. The van der Waals surface area contributed by atoms with Gasteiger partial charge in [0.15, 0.2) is 0 Å². The fourth-order valence-corrected chi connectivity index (χ4v) is 1.63. The van der Waals surface area contributed by atoms with Crippen molar-refractivity contribution in [2.45, 2.75) is 6.92 Å². The van der Waals surface area contributed by atoms with Crippen LogP contribution in [0.15, 0.2) is 30.3 Å². The second-order valence-electron chi connectivity index (χ2n) is 3.21. The van der Waals surface area contributed by atoms with E-state index in [2.05, 4.69) is 9.97 Å². The van der Waals surface area contributed by atoms with E-state index in [1.54, 1.807) is 13.0 Å². The van der Waals surface area contributed by atoms with Crippen molar-refractivity contribution in [1.82, 2.24) is 9.97 Å². The molecule has 2 aromatic rings. The number of halogens is 1. The van der Waals surface area contributed by atoms with Gasteiger partial charge in [0, 0.05) is 16.7 Å². The molecule has 0 fully saturated rings. The minimum absolute atomic E-state index is 0.456. The van der Waals surface area contributed by atoms with Crippen molar-refractivity contribution in [3.05, 3.63) is 41.2 Å². The molecule has 15 heavy (non-hydrogen) atoms. The van der Waals surface area contributed by atoms with Gasteiger partial charge in [-0.25, -0.2) is 9.97 Å². The first-order chi connectivity index (χ1) is 7.16. The second kappa shape index (κ2) is 3.87. The minimum atomic E-state index is 0.456. The molecule has 76 valence electrons. The van der Waals surface area contributed by atoms with Gasteiger partial charge in [-0.05, 0) is 13.0 Å². The Morgan fingerprint density at radius 2 is 1.93 bits per heavy atom. The number of aromatic nitrogens is 2. The third-order valence-electron chi connectivity index (χ3n) is 2.01. The Bertz CT molecular complexity index is 477. The van der Waals surface area contributed by atoms with E-state index in [0.29, 0.717) is 16.7 Å². The Morgan fingerprint density at radius 1 is 1.20 bits per heavy atom. The van der Waals surface area contributed by atoms with Gasteiger partial charge in [-0.3, -0.25) is 0 Å².